The number of carbonyl (C=O) groups excluding carboxylic acids is 3. The van der Waals surface area contributed by atoms with Gasteiger partial charge in [0.25, 0.3) is 0 Å². The van der Waals surface area contributed by atoms with Crippen LogP contribution in [0, 0.1) is 11.8 Å². The van der Waals surface area contributed by atoms with Gasteiger partial charge in [-0.2, -0.15) is 0 Å². The smallest absolute Gasteiger partial charge is 0.308 e. The van der Waals surface area contributed by atoms with Gasteiger partial charge in [0.15, 0.2) is 5.11 Å². The van der Waals surface area contributed by atoms with Crippen LogP contribution in [0.2, 0.25) is 5.02 Å². The highest BCUT2D eigenvalue weighted by atomic mass is 35.5. The summed E-state index contributed by atoms with van der Waals surface area (Å²) in [5.41, 5.74) is 0.796. The monoisotopic (exact) mass is 423 g/mol. The van der Waals surface area contributed by atoms with Gasteiger partial charge in [0.1, 0.15) is 6.54 Å². The van der Waals surface area contributed by atoms with Crippen LogP contribution in [0.1, 0.15) is 24.8 Å². The molecule has 1 aliphatic carbocycles. The molecule has 0 aromatic heterocycles. The summed E-state index contributed by atoms with van der Waals surface area (Å²) in [5, 5.41) is 6.67. The van der Waals surface area contributed by atoms with E-state index in [4.69, 9.17) is 28.6 Å². The largest absolute Gasteiger partial charge is 0.469 e. The number of hydrogen-bond donors (Lipinski definition) is 2. The summed E-state index contributed by atoms with van der Waals surface area (Å²) >= 11 is 11.4. The molecule has 0 bridgehead atoms. The maximum absolute atomic E-state index is 12.9. The summed E-state index contributed by atoms with van der Waals surface area (Å²) in [7, 11) is 1.36. The van der Waals surface area contributed by atoms with Gasteiger partial charge in [-0.15, -0.1) is 0 Å². The molecular formula is C19H22ClN3O4S. The zero-order valence-corrected chi connectivity index (χ0v) is 17.0. The van der Waals surface area contributed by atoms with Crippen molar-refractivity contribution in [3.8, 4) is 0 Å². The van der Waals surface area contributed by atoms with Crippen molar-refractivity contribution in [2.24, 2.45) is 11.8 Å². The van der Waals surface area contributed by atoms with Gasteiger partial charge in [-0.3, -0.25) is 19.3 Å². The van der Waals surface area contributed by atoms with Gasteiger partial charge in [-0.05, 0) is 43.1 Å². The molecule has 1 aromatic carbocycles. The number of thiocarbonyl (C=S) groups is 1. The molecule has 2 aliphatic rings. The molecule has 1 aromatic rings. The highest BCUT2D eigenvalue weighted by Gasteiger charge is 2.44. The first-order chi connectivity index (χ1) is 13.4. The SMILES string of the molecule is COC(=O)C1CCC2C(=O)N(CC(=O)NCc3ccccc3Cl)C(=S)NC2C1. The first kappa shape index (κ1) is 20.5. The van der Waals surface area contributed by atoms with E-state index < -0.39 is 0 Å². The molecule has 1 aliphatic heterocycles. The predicted octanol–water partition coefficient (Wildman–Crippen LogP) is 1.63. The molecule has 7 nitrogen and oxygen atoms in total. The Hall–Kier alpha value is -2.19. The average Bonchev–Trinajstić information content (AvgIpc) is 2.69. The predicted molar refractivity (Wildman–Crippen MR) is 107 cm³/mol. The Morgan fingerprint density at radius 2 is 2.11 bits per heavy atom. The third-order valence-corrected chi connectivity index (χ3v) is 5.96. The topological polar surface area (TPSA) is 87.7 Å². The van der Waals surface area contributed by atoms with Gasteiger partial charge in [0.05, 0.1) is 18.9 Å². The molecule has 1 heterocycles. The number of halogens is 1. The number of carbonyl (C=O) groups is 3. The van der Waals surface area contributed by atoms with E-state index in [-0.39, 0.29) is 53.9 Å². The van der Waals surface area contributed by atoms with E-state index in [1.165, 1.54) is 12.0 Å². The number of nitrogens with one attached hydrogen (secondary N) is 2. The number of hydrogen-bond acceptors (Lipinski definition) is 5. The first-order valence-corrected chi connectivity index (χ1v) is 9.89. The first-order valence-electron chi connectivity index (χ1n) is 9.10. The lowest BCUT2D eigenvalue weighted by atomic mass is 9.76. The molecule has 0 spiro atoms. The molecule has 3 atom stereocenters. The Bertz CT molecular complexity index is 803. The normalized spacial score (nSPS) is 24.2. The van der Waals surface area contributed by atoms with Gasteiger partial charge >= 0.3 is 5.97 Å². The van der Waals surface area contributed by atoms with E-state index in [0.29, 0.717) is 24.3 Å². The maximum atomic E-state index is 12.9. The third kappa shape index (κ3) is 4.44. The summed E-state index contributed by atoms with van der Waals surface area (Å²) < 4.78 is 4.81. The number of ether oxygens (including phenoxy) is 1. The molecule has 3 unspecified atom stereocenters. The zero-order chi connectivity index (χ0) is 20.3. The molecule has 150 valence electrons. The lowest BCUT2D eigenvalue weighted by molar-refractivity contribution is -0.149. The Morgan fingerprint density at radius 3 is 2.82 bits per heavy atom. The fourth-order valence-corrected chi connectivity index (χ4v) is 4.24. The number of nitrogens with zero attached hydrogens (tertiary/aromatic N) is 1. The molecule has 3 rings (SSSR count). The van der Waals surface area contributed by atoms with E-state index in [2.05, 4.69) is 10.6 Å². The second-order valence-electron chi connectivity index (χ2n) is 6.99. The molecule has 1 saturated heterocycles. The van der Waals surface area contributed by atoms with Crippen LogP contribution >= 0.6 is 23.8 Å². The van der Waals surface area contributed by atoms with E-state index in [9.17, 15) is 14.4 Å². The van der Waals surface area contributed by atoms with E-state index in [0.717, 1.165) is 5.56 Å². The molecule has 2 N–H and O–H groups in total. The molecule has 28 heavy (non-hydrogen) atoms. The van der Waals surface area contributed by atoms with Crippen molar-refractivity contribution < 1.29 is 19.1 Å². The molecule has 0 radical (unpaired) electrons. The van der Waals surface area contributed by atoms with Crippen LogP contribution in [0.25, 0.3) is 0 Å². The lowest BCUT2D eigenvalue weighted by Gasteiger charge is -2.43. The molecular weight excluding hydrogens is 402 g/mol. The summed E-state index contributed by atoms with van der Waals surface area (Å²) in [6, 6.07) is 7.02. The number of amides is 2. The summed E-state index contributed by atoms with van der Waals surface area (Å²) in [6.07, 6.45) is 1.63. The van der Waals surface area contributed by atoms with Gasteiger partial charge in [-0.1, -0.05) is 29.8 Å². The number of rotatable bonds is 5. The Kier molecular flexibility index (Phi) is 6.51. The Balaban J connectivity index is 1.58. The summed E-state index contributed by atoms with van der Waals surface area (Å²) in [6.45, 7) is 0.117. The van der Waals surface area contributed by atoms with Gasteiger partial charge in [-0.25, -0.2) is 0 Å². The average molecular weight is 424 g/mol. The zero-order valence-electron chi connectivity index (χ0n) is 15.4. The van der Waals surface area contributed by atoms with Crippen molar-refractivity contribution in [2.45, 2.75) is 31.8 Å². The fraction of sp³-hybridized carbons (Fsp3) is 0.474. The van der Waals surface area contributed by atoms with E-state index >= 15 is 0 Å². The van der Waals surface area contributed by atoms with E-state index in [1.807, 2.05) is 18.2 Å². The third-order valence-electron chi connectivity index (χ3n) is 5.26. The van der Waals surface area contributed by atoms with Crippen molar-refractivity contribution in [1.29, 1.82) is 0 Å². The second kappa shape index (κ2) is 8.87. The summed E-state index contributed by atoms with van der Waals surface area (Å²) in [5.74, 6) is -1.30. The van der Waals surface area contributed by atoms with Gasteiger partial charge < -0.3 is 15.4 Å². The minimum Gasteiger partial charge on any atom is -0.469 e. The minimum absolute atomic E-state index is 0.154. The van der Waals surface area contributed by atoms with Crippen molar-refractivity contribution in [2.75, 3.05) is 13.7 Å². The second-order valence-corrected chi connectivity index (χ2v) is 7.78. The minimum atomic E-state index is -0.320. The molecule has 2 amide bonds. The quantitative estimate of drug-likeness (QED) is 0.553. The standard InChI is InChI=1S/C19H22ClN3O4S/c1-27-18(26)11-6-7-13-15(8-11)22-19(28)23(17(13)25)10-16(24)21-9-12-4-2-3-5-14(12)20/h2-5,11,13,15H,6-10H2,1H3,(H,21,24)(H,22,28). The van der Waals surface area contributed by atoms with Gasteiger partial charge in [0, 0.05) is 17.6 Å². The number of esters is 1. The number of benzene rings is 1. The van der Waals surface area contributed by atoms with Crippen LogP contribution < -0.4 is 10.6 Å². The highest BCUT2D eigenvalue weighted by molar-refractivity contribution is 7.80. The van der Waals surface area contributed by atoms with Crippen molar-refractivity contribution >= 4 is 46.7 Å². The maximum Gasteiger partial charge on any atom is 0.308 e. The molecule has 1 saturated carbocycles. The van der Waals surface area contributed by atoms with Crippen LogP contribution in [0.4, 0.5) is 0 Å². The molecule has 9 heteroatoms. The van der Waals surface area contributed by atoms with Crippen LogP contribution in [0.3, 0.4) is 0 Å². The number of methoxy groups -OCH3 is 1. The van der Waals surface area contributed by atoms with Crippen molar-refractivity contribution in [1.82, 2.24) is 15.5 Å². The molecule has 2 fully saturated rings. The highest BCUT2D eigenvalue weighted by Crippen LogP contribution is 2.33. The Labute approximate surface area is 173 Å². The van der Waals surface area contributed by atoms with Gasteiger partial charge in [0.2, 0.25) is 11.8 Å². The fourth-order valence-electron chi connectivity index (χ4n) is 3.73. The summed E-state index contributed by atoms with van der Waals surface area (Å²) in [4.78, 5) is 38.3. The van der Waals surface area contributed by atoms with Crippen LogP contribution in [-0.4, -0.2) is 47.5 Å². The van der Waals surface area contributed by atoms with Crippen LogP contribution in [-0.2, 0) is 25.7 Å². The lowest BCUT2D eigenvalue weighted by Crippen LogP contribution is -2.63. The van der Waals surface area contributed by atoms with Crippen LogP contribution in [0.15, 0.2) is 24.3 Å². The Morgan fingerprint density at radius 1 is 1.36 bits per heavy atom. The van der Waals surface area contributed by atoms with Crippen LogP contribution in [0.5, 0.6) is 0 Å². The van der Waals surface area contributed by atoms with E-state index in [1.54, 1.807) is 6.07 Å². The van der Waals surface area contributed by atoms with Crippen molar-refractivity contribution in [3.05, 3.63) is 34.9 Å². The van der Waals surface area contributed by atoms with Crippen molar-refractivity contribution in [3.63, 3.8) is 0 Å². The number of fused-ring (bicyclic) bond motifs is 1.